The molecule has 1 aliphatic heterocycles. The molecule has 21 heavy (non-hydrogen) atoms. The van der Waals surface area contributed by atoms with E-state index in [0.29, 0.717) is 17.7 Å². The highest BCUT2D eigenvalue weighted by Gasteiger charge is 2.50. The molecule has 1 aromatic carbocycles. The molecular formula is C17H17NO3. The van der Waals surface area contributed by atoms with Crippen LogP contribution in [0.15, 0.2) is 36.4 Å². The number of nitrogens with zero attached hydrogens (tertiary/aromatic N) is 1. The highest BCUT2D eigenvalue weighted by atomic mass is 16.2. The molecule has 0 radical (unpaired) electrons. The van der Waals surface area contributed by atoms with Crippen molar-refractivity contribution in [3.63, 3.8) is 0 Å². The van der Waals surface area contributed by atoms with Crippen LogP contribution in [0.5, 0.6) is 0 Å². The first-order valence-corrected chi connectivity index (χ1v) is 7.16. The second-order valence-electron chi connectivity index (χ2n) is 5.77. The third-order valence-electron chi connectivity index (χ3n) is 4.38. The molecule has 0 unspecified atom stereocenters. The van der Waals surface area contributed by atoms with Crippen molar-refractivity contribution < 1.29 is 14.4 Å². The Morgan fingerprint density at radius 1 is 1.24 bits per heavy atom. The van der Waals surface area contributed by atoms with E-state index in [2.05, 4.69) is 0 Å². The number of hydrogen-bond donors (Lipinski definition) is 0. The molecule has 0 bridgehead atoms. The van der Waals surface area contributed by atoms with Crippen LogP contribution in [0, 0.1) is 17.8 Å². The second kappa shape index (κ2) is 4.95. The first kappa shape index (κ1) is 13.7. The van der Waals surface area contributed by atoms with Crippen LogP contribution < -0.4 is 4.90 Å². The maximum Gasteiger partial charge on any atom is 0.238 e. The van der Waals surface area contributed by atoms with E-state index in [1.807, 2.05) is 19.1 Å². The molecule has 3 atom stereocenters. The van der Waals surface area contributed by atoms with Gasteiger partial charge < -0.3 is 0 Å². The zero-order valence-electron chi connectivity index (χ0n) is 12.1. The highest BCUT2D eigenvalue weighted by Crippen LogP contribution is 2.40. The normalized spacial score (nSPS) is 27.9. The topological polar surface area (TPSA) is 54.5 Å². The lowest BCUT2D eigenvalue weighted by Crippen LogP contribution is -2.31. The monoisotopic (exact) mass is 283 g/mol. The Labute approximate surface area is 123 Å². The molecule has 4 heteroatoms. The van der Waals surface area contributed by atoms with Gasteiger partial charge in [0.2, 0.25) is 11.8 Å². The zero-order valence-corrected chi connectivity index (χ0v) is 12.1. The van der Waals surface area contributed by atoms with Crippen LogP contribution in [-0.4, -0.2) is 17.6 Å². The van der Waals surface area contributed by atoms with Crippen molar-refractivity contribution in [1.29, 1.82) is 0 Å². The summed E-state index contributed by atoms with van der Waals surface area (Å²) in [6.07, 6.45) is 4.59. The zero-order chi connectivity index (χ0) is 15.1. The lowest BCUT2D eigenvalue weighted by Gasteiger charge is -2.22. The molecule has 0 spiro atoms. The average Bonchev–Trinajstić information content (AvgIpc) is 2.72. The minimum absolute atomic E-state index is 0.0705. The van der Waals surface area contributed by atoms with Crippen molar-refractivity contribution in [3.05, 3.63) is 42.0 Å². The predicted molar refractivity (Wildman–Crippen MR) is 78.8 cm³/mol. The summed E-state index contributed by atoms with van der Waals surface area (Å²) in [7, 11) is 0. The Bertz CT molecular complexity index is 662. The molecule has 0 aromatic heterocycles. The largest absolute Gasteiger partial charge is 0.295 e. The standard InChI is InChI=1S/C17H17NO3/c1-10-5-3-8-14-15(10)17(21)18(16(14)20)13-7-4-6-12(9-13)11(2)19/h3-7,9-10,14-15H,8H2,1-2H3/t10-,14-,15+/m1/s1. The lowest BCUT2D eigenvalue weighted by atomic mass is 9.78. The molecule has 2 aliphatic rings. The van der Waals surface area contributed by atoms with E-state index in [4.69, 9.17) is 0 Å². The number of hydrogen-bond acceptors (Lipinski definition) is 3. The summed E-state index contributed by atoms with van der Waals surface area (Å²) in [6, 6.07) is 6.72. The van der Waals surface area contributed by atoms with Gasteiger partial charge in [-0.2, -0.15) is 0 Å². The quantitative estimate of drug-likeness (QED) is 0.476. The van der Waals surface area contributed by atoms with E-state index in [9.17, 15) is 14.4 Å². The van der Waals surface area contributed by atoms with Gasteiger partial charge in [0, 0.05) is 5.56 Å². The number of imide groups is 1. The van der Waals surface area contributed by atoms with E-state index in [1.165, 1.54) is 11.8 Å². The molecule has 1 aromatic rings. The number of carbonyl (C=O) groups excluding carboxylic acids is 3. The summed E-state index contributed by atoms with van der Waals surface area (Å²) >= 11 is 0. The van der Waals surface area contributed by atoms with Crippen molar-refractivity contribution in [2.75, 3.05) is 4.90 Å². The van der Waals surface area contributed by atoms with Crippen LogP contribution in [0.2, 0.25) is 0 Å². The molecular weight excluding hydrogens is 266 g/mol. The van der Waals surface area contributed by atoms with Gasteiger partial charge in [-0.3, -0.25) is 19.3 Å². The first-order valence-electron chi connectivity index (χ1n) is 7.16. The van der Waals surface area contributed by atoms with Gasteiger partial charge in [-0.1, -0.05) is 31.2 Å². The number of anilines is 1. The molecule has 1 heterocycles. The summed E-state index contributed by atoms with van der Waals surface area (Å²) in [4.78, 5) is 37.9. The van der Waals surface area contributed by atoms with Crippen molar-refractivity contribution in [2.45, 2.75) is 20.3 Å². The van der Waals surface area contributed by atoms with Crippen molar-refractivity contribution in [1.82, 2.24) is 0 Å². The Kier molecular flexibility index (Phi) is 3.24. The third kappa shape index (κ3) is 2.11. The van der Waals surface area contributed by atoms with Crippen LogP contribution >= 0.6 is 0 Å². The van der Waals surface area contributed by atoms with Crippen LogP contribution in [0.25, 0.3) is 0 Å². The van der Waals surface area contributed by atoms with Gasteiger partial charge in [-0.15, -0.1) is 0 Å². The molecule has 3 rings (SSSR count). The Morgan fingerprint density at radius 2 is 2.00 bits per heavy atom. The average molecular weight is 283 g/mol. The van der Waals surface area contributed by atoms with E-state index in [1.54, 1.807) is 24.3 Å². The lowest BCUT2D eigenvalue weighted by molar-refractivity contribution is -0.122. The fourth-order valence-corrected chi connectivity index (χ4v) is 3.27. The van der Waals surface area contributed by atoms with Crippen LogP contribution in [0.1, 0.15) is 30.6 Å². The molecule has 1 aliphatic carbocycles. The molecule has 1 saturated heterocycles. The third-order valence-corrected chi connectivity index (χ3v) is 4.38. The molecule has 108 valence electrons. The minimum Gasteiger partial charge on any atom is -0.295 e. The number of amides is 2. The second-order valence-corrected chi connectivity index (χ2v) is 5.77. The van der Waals surface area contributed by atoms with E-state index in [0.717, 1.165) is 0 Å². The molecule has 1 fully saturated rings. The Balaban J connectivity index is 2.00. The Hall–Kier alpha value is -2.23. The number of rotatable bonds is 2. The summed E-state index contributed by atoms with van der Waals surface area (Å²) in [5, 5.41) is 0. The summed E-state index contributed by atoms with van der Waals surface area (Å²) < 4.78 is 0. The number of benzene rings is 1. The fraction of sp³-hybridized carbons (Fsp3) is 0.353. The minimum atomic E-state index is -0.275. The number of Topliss-reactive ketones (excluding diaryl/α,β-unsaturated/α-hetero) is 1. The fourth-order valence-electron chi connectivity index (χ4n) is 3.27. The van der Waals surface area contributed by atoms with Gasteiger partial charge in [0.25, 0.3) is 0 Å². The van der Waals surface area contributed by atoms with Crippen molar-refractivity contribution in [2.24, 2.45) is 17.8 Å². The first-order chi connectivity index (χ1) is 10.0. The number of carbonyl (C=O) groups is 3. The van der Waals surface area contributed by atoms with E-state index < -0.39 is 0 Å². The maximum absolute atomic E-state index is 12.6. The van der Waals surface area contributed by atoms with E-state index in [-0.39, 0.29) is 35.4 Å². The van der Waals surface area contributed by atoms with Crippen LogP contribution in [0.3, 0.4) is 0 Å². The van der Waals surface area contributed by atoms with Crippen LogP contribution in [-0.2, 0) is 9.59 Å². The molecule has 0 saturated carbocycles. The maximum atomic E-state index is 12.6. The van der Waals surface area contributed by atoms with Crippen molar-refractivity contribution in [3.8, 4) is 0 Å². The molecule has 0 N–H and O–H groups in total. The van der Waals surface area contributed by atoms with Gasteiger partial charge >= 0.3 is 0 Å². The van der Waals surface area contributed by atoms with Gasteiger partial charge in [-0.25, -0.2) is 0 Å². The Morgan fingerprint density at radius 3 is 2.67 bits per heavy atom. The summed E-state index contributed by atoms with van der Waals surface area (Å²) in [6.45, 7) is 3.44. The SMILES string of the molecule is CC(=O)c1cccc(N2C(=O)[C@H]3[C@H](C)C=CC[C@H]3C2=O)c1. The smallest absolute Gasteiger partial charge is 0.238 e. The van der Waals surface area contributed by atoms with Crippen LogP contribution in [0.4, 0.5) is 5.69 Å². The number of ketones is 1. The van der Waals surface area contributed by atoms with Gasteiger partial charge in [0.1, 0.15) is 0 Å². The van der Waals surface area contributed by atoms with E-state index >= 15 is 0 Å². The predicted octanol–water partition coefficient (Wildman–Crippen LogP) is 2.59. The van der Waals surface area contributed by atoms with Crippen molar-refractivity contribution >= 4 is 23.3 Å². The number of allylic oxidation sites excluding steroid dienone is 2. The summed E-state index contributed by atoms with van der Waals surface area (Å²) in [5.74, 6) is -0.851. The van der Waals surface area contributed by atoms with Gasteiger partial charge in [-0.05, 0) is 31.4 Å². The molecule has 2 amide bonds. The summed E-state index contributed by atoms with van der Waals surface area (Å²) in [5.41, 5.74) is 1.01. The molecule has 4 nitrogen and oxygen atoms in total. The van der Waals surface area contributed by atoms with Gasteiger partial charge in [0.15, 0.2) is 5.78 Å². The highest BCUT2D eigenvalue weighted by molar-refractivity contribution is 6.22. The number of fused-ring (bicyclic) bond motifs is 1. The van der Waals surface area contributed by atoms with Gasteiger partial charge in [0.05, 0.1) is 17.5 Å².